The number of aliphatic hydroxyl groups is 2. The van der Waals surface area contributed by atoms with E-state index in [0.717, 1.165) is 20.0 Å². The highest BCUT2D eigenvalue weighted by Gasteiger charge is 2.51. The Morgan fingerprint density at radius 2 is 2.12 bits per heavy atom. The summed E-state index contributed by atoms with van der Waals surface area (Å²) in [7, 11) is -3.47. The molecule has 1 fully saturated rings. The van der Waals surface area contributed by atoms with Crippen molar-refractivity contribution in [2.75, 3.05) is 13.7 Å². The first-order chi connectivity index (χ1) is 12.3. The third-order valence-corrected chi connectivity index (χ3v) is 4.68. The average molecular weight is 392 g/mol. The number of carbonyl (C=O) groups excluding carboxylic acids is 1. The normalized spacial score (nSPS) is 27.9. The molecule has 0 spiro atoms. The first kappa shape index (κ1) is 20.9. The topological polar surface area (TPSA) is 136 Å². The van der Waals surface area contributed by atoms with Crippen molar-refractivity contribution in [2.24, 2.45) is 0 Å². The summed E-state index contributed by atoms with van der Waals surface area (Å²) in [5.74, 6) is -0.534. The van der Waals surface area contributed by atoms with Gasteiger partial charge >= 0.3 is 13.8 Å². The fourth-order valence-corrected chi connectivity index (χ4v) is 2.82. The van der Waals surface area contributed by atoms with Crippen LogP contribution in [-0.4, -0.2) is 53.3 Å². The average Bonchev–Trinajstić information content (AvgIpc) is 2.90. The molecule has 0 radical (unpaired) electrons. The van der Waals surface area contributed by atoms with E-state index in [1.807, 2.05) is 6.92 Å². The van der Waals surface area contributed by atoms with E-state index < -0.39 is 38.5 Å². The van der Waals surface area contributed by atoms with Gasteiger partial charge in [0.1, 0.15) is 11.7 Å². The lowest BCUT2D eigenvalue weighted by molar-refractivity contribution is -0.767. The minimum absolute atomic E-state index is 0.225. The van der Waals surface area contributed by atoms with Crippen LogP contribution in [-0.2, 0) is 23.1 Å². The van der Waals surface area contributed by atoms with Crippen molar-refractivity contribution >= 4 is 13.8 Å². The quantitative estimate of drug-likeness (QED) is 0.246. The van der Waals surface area contributed by atoms with Crippen molar-refractivity contribution < 1.29 is 47.6 Å². The Morgan fingerprint density at radius 3 is 2.77 bits per heavy atom. The molecule has 0 saturated carbocycles. The molecule has 146 valence electrons. The molecule has 0 aliphatic carbocycles. The van der Waals surface area contributed by atoms with Crippen LogP contribution in [0.3, 0.4) is 0 Å². The monoisotopic (exact) mass is 392 g/mol. The van der Waals surface area contributed by atoms with Crippen LogP contribution in [0.15, 0.2) is 24.5 Å². The molecule has 1 aromatic rings. The van der Waals surface area contributed by atoms with Crippen LogP contribution in [0.4, 0.5) is 0 Å². The highest BCUT2D eigenvalue weighted by atomic mass is 31.2. The number of phosphoric ester groups is 1. The second-order valence-electron chi connectivity index (χ2n) is 5.66. The summed E-state index contributed by atoms with van der Waals surface area (Å²) >= 11 is 0. The van der Waals surface area contributed by atoms with Gasteiger partial charge in [0.25, 0.3) is 6.23 Å². The Balaban J connectivity index is 2.12. The number of unbranched alkanes of at least 4 members (excludes halogenated alkanes) is 1. The molecular formula is C15H23NO9P+. The van der Waals surface area contributed by atoms with Crippen LogP contribution < -0.4 is 4.57 Å². The number of aliphatic hydroxyl groups excluding tert-OH is 2. The number of pyridine rings is 1. The minimum Gasteiger partial charge on any atom is -0.462 e. The maximum absolute atomic E-state index is 12.0. The standard InChI is InChI=1S/C15H22NO9P/c1-3-4-8-23-14(19)10-6-5-7-16(9-10)13-11(17)12(18)15(24-13)25-26(20,21)22-2/h5-7,9,11-13,15,17-18H,3-4,8H2,1-2H3/p+1/t11-,12+,13+,15+/m0/s1. The van der Waals surface area contributed by atoms with Crippen LogP contribution in [0.2, 0.25) is 0 Å². The summed E-state index contributed by atoms with van der Waals surface area (Å²) in [5, 5.41) is 20.1. The highest BCUT2D eigenvalue weighted by Crippen LogP contribution is 2.46. The van der Waals surface area contributed by atoms with Crippen LogP contribution in [0, 0.1) is 0 Å². The van der Waals surface area contributed by atoms with E-state index in [-0.39, 0.29) is 5.56 Å². The molecule has 11 heteroatoms. The Bertz CT molecular complexity index is 670. The molecule has 2 heterocycles. The number of phosphoric acid groups is 1. The van der Waals surface area contributed by atoms with Gasteiger partial charge in [0.05, 0.1) is 6.61 Å². The second-order valence-corrected chi connectivity index (χ2v) is 7.18. The van der Waals surface area contributed by atoms with Gasteiger partial charge in [0, 0.05) is 13.2 Å². The number of hydrogen-bond acceptors (Lipinski definition) is 8. The predicted octanol–water partition coefficient (Wildman–Crippen LogP) is 0.271. The number of rotatable bonds is 8. The number of aromatic nitrogens is 1. The maximum Gasteiger partial charge on any atom is 0.474 e. The molecule has 0 bridgehead atoms. The Hall–Kier alpha value is -1.39. The van der Waals surface area contributed by atoms with Gasteiger partial charge < -0.3 is 19.8 Å². The van der Waals surface area contributed by atoms with E-state index in [4.69, 9.17) is 9.47 Å². The fraction of sp³-hybridized carbons (Fsp3) is 0.600. The first-order valence-corrected chi connectivity index (χ1v) is 9.55. The van der Waals surface area contributed by atoms with Crippen molar-refractivity contribution in [3.05, 3.63) is 30.1 Å². The van der Waals surface area contributed by atoms with Gasteiger partial charge in [-0.05, 0) is 12.5 Å². The van der Waals surface area contributed by atoms with Crippen LogP contribution in [0.25, 0.3) is 0 Å². The summed E-state index contributed by atoms with van der Waals surface area (Å²) in [4.78, 5) is 21.4. The van der Waals surface area contributed by atoms with Gasteiger partial charge in [0.15, 0.2) is 18.5 Å². The lowest BCUT2D eigenvalue weighted by Crippen LogP contribution is -2.46. The van der Waals surface area contributed by atoms with Crippen LogP contribution in [0.5, 0.6) is 0 Å². The maximum atomic E-state index is 12.0. The SMILES string of the molecule is CCCCOC(=O)c1ccc[n+]([C@@H]2O[C@H](OP(=O)(O)OC)[C@H](O)[C@@H]2O)c1. The van der Waals surface area contributed by atoms with Gasteiger partial charge in [-0.15, -0.1) is 0 Å². The lowest BCUT2D eigenvalue weighted by Gasteiger charge is -2.16. The molecule has 1 unspecified atom stereocenters. The largest absolute Gasteiger partial charge is 0.474 e. The van der Waals surface area contributed by atoms with Gasteiger partial charge in [-0.3, -0.25) is 13.8 Å². The van der Waals surface area contributed by atoms with E-state index in [9.17, 15) is 24.5 Å². The summed E-state index contributed by atoms with van der Waals surface area (Å²) in [5.41, 5.74) is 0.225. The molecule has 0 aromatic carbocycles. The third-order valence-electron chi connectivity index (χ3n) is 3.75. The minimum atomic E-state index is -4.43. The third kappa shape index (κ3) is 5.08. The first-order valence-electron chi connectivity index (χ1n) is 8.05. The summed E-state index contributed by atoms with van der Waals surface area (Å²) < 4.78 is 32.2. The van der Waals surface area contributed by atoms with Gasteiger partial charge in [-0.2, -0.15) is 4.57 Å². The van der Waals surface area contributed by atoms with Gasteiger partial charge in [-0.25, -0.2) is 9.36 Å². The highest BCUT2D eigenvalue weighted by molar-refractivity contribution is 7.47. The number of carbonyl (C=O) groups is 1. The summed E-state index contributed by atoms with van der Waals surface area (Å²) in [6, 6.07) is 3.07. The van der Waals surface area contributed by atoms with Crippen molar-refractivity contribution in [2.45, 2.75) is 44.5 Å². The molecule has 3 N–H and O–H groups in total. The number of nitrogens with zero attached hydrogens (tertiary/aromatic N) is 1. The van der Waals surface area contributed by atoms with Gasteiger partial charge in [0.2, 0.25) is 6.29 Å². The molecule has 1 aliphatic rings. The molecule has 1 aromatic heterocycles. The summed E-state index contributed by atoms with van der Waals surface area (Å²) in [6.07, 6.45) is -1.27. The van der Waals surface area contributed by atoms with E-state index in [0.29, 0.717) is 6.61 Å². The molecule has 10 nitrogen and oxygen atoms in total. The molecule has 26 heavy (non-hydrogen) atoms. The zero-order valence-corrected chi connectivity index (χ0v) is 15.3. The van der Waals surface area contributed by atoms with Crippen molar-refractivity contribution in [3.63, 3.8) is 0 Å². The smallest absolute Gasteiger partial charge is 0.462 e. The molecule has 2 rings (SSSR count). The van der Waals surface area contributed by atoms with Gasteiger partial charge in [-0.1, -0.05) is 13.3 Å². The molecule has 5 atom stereocenters. The fourth-order valence-electron chi connectivity index (χ4n) is 2.30. The Kier molecular flexibility index (Phi) is 7.24. The number of esters is 1. The Morgan fingerprint density at radius 1 is 1.38 bits per heavy atom. The van der Waals surface area contributed by atoms with Crippen molar-refractivity contribution in [1.29, 1.82) is 0 Å². The Labute approximate surface area is 150 Å². The van der Waals surface area contributed by atoms with E-state index in [2.05, 4.69) is 9.05 Å². The predicted molar refractivity (Wildman–Crippen MR) is 85.7 cm³/mol. The molecule has 1 saturated heterocycles. The molecule has 0 amide bonds. The lowest BCUT2D eigenvalue weighted by atomic mass is 10.2. The van der Waals surface area contributed by atoms with E-state index >= 15 is 0 Å². The van der Waals surface area contributed by atoms with E-state index in [1.165, 1.54) is 23.0 Å². The van der Waals surface area contributed by atoms with Crippen molar-refractivity contribution in [3.8, 4) is 0 Å². The summed E-state index contributed by atoms with van der Waals surface area (Å²) in [6.45, 7) is 2.27. The zero-order valence-electron chi connectivity index (χ0n) is 14.4. The number of ether oxygens (including phenoxy) is 2. The van der Waals surface area contributed by atoms with Crippen molar-refractivity contribution in [1.82, 2.24) is 0 Å². The molecule has 1 aliphatic heterocycles. The molecular weight excluding hydrogens is 369 g/mol. The number of hydrogen-bond donors (Lipinski definition) is 3. The van der Waals surface area contributed by atoms with Crippen LogP contribution in [0.1, 0.15) is 36.4 Å². The zero-order chi connectivity index (χ0) is 19.3. The van der Waals surface area contributed by atoms with E-state index in [1.54, 1.807) is 6.07 Å². The van der Waals surface area contributed by atoms with Crippen LogP contribution >= 0.6 is 7.82 Å². The second kappa shape index (κ2) is 9.01.